The molecule has 0 heterocycles. The van der Waals surface area contributed by atoms with E-state index in [0.29, 0.717) is 5.56 Å². The van der Waals surface area contributed by atoms with Crippen molar-refractivity contribution in [2.45, 2.75) is 53.2 Å². The van der Waals surface area contributed by atoms with Gasteiger partial charge in [-0.15, -0.1) is 0 Å². The van der Waals surface area contributed by atoms with Crippen LogP contribution in [0.5, 0.6) is 0 Å². The van der Waals surface area contributed by atoms with Crippen LogP contribution in [0.2, 0.25) is 0 Å². The smallest absolute Gasteiger partial charge is 0.408 e. The maximum Gasteiger partial charge on any atom is 0.408 e. The van der Waals surface area contributed by atoms with Crippen molar-refractivity contribution in [3.05, 3.63) is 35.9 Å². The molecule has 1 rings (SSSR count). The molecule has 0 aliphatic carbocycles. The Balaban J connectivity index is 3.23. The van der Waals surface area contributed by atoms with Crippen molar-refractivity contribution in [1.29, 1.82) is 0 Å². The van der Waals surface area contributed by atoms with Crippen molar-refractivity contribution >= 4 is 17.7 Å². The van der Waals surface area contributed by atoms with E-state index in [1.54, 1.807) is 32.9 Å². The van der Waals surface area contributed by atoms with Crippen LogP contribution in [0.1, 0.15) is 47.1 Å². The Hall–Kier alpha value is -2.61. The van der Waals surface area contributed by atoms with Crippen LogP contribution >= 0.6 is 0 Å². The minimum absolute atomic E-state index is 0.372. The molecule has 0 aliphatic rings. The van der Waals surface area contributed by atoms with Crippen LogP contribution in [0.4, 0.5) is 4.79 Å². The van der Waals surface area contributed by atoms with Gasteiger partial charge < -0.3 is 10.1 Å². The fourth-order valence-electron chi connectivity index (χ4n) is 2.08. The summed E-state index contributed by atoms with van der Waals surface area (Å²) in [6, 6.07) is 8.12. The van der Waals surface area contributed by atoms with Crippen molar-refractivity contribution in [3.8, 4) is 11.8 Å². The van der Waals surface area contributed by atoms with Crippen molar-refractivity contribution in [2.24, 2.45) is 5.41 Å². The van der Waals surface area contributed by atoms with Crippen LogP contribution in [0.15, 0.2) is 30.3 Å². The maximum atomic E-state index is 12.1. The van der Waals surface area contributed by atoms with E-state index in [1.165, 1.54) is 20.8 Å². The molecule has 0 fully saturated rings. The third kappa shape index (κ3) is 5.75. The summed E-state index contributed by atoms with van der Waals surface area (Å²) in [7, 11) is 0. The van der Waals surface area contributed by atoms with Crippen molar-refractivity contribution in [2.75, 3.05) is 0 Å². The molecule has 0 aromatic heterocycles. The third-order valence-electron chi connectivity index (χ3n) is 3.84. The number of nitrogens with one attached hydrogen (secondary N) is 1. The van der Waals surface area contributed by atoms with E-state index in [-0.39, 0.29) is 11.6 Å². The van der Waals surface area contributed by atoms with E-state index in [0.717, 1.165) is 0 Å². The Morgan fingerprint density at radius 3 is 1.96 bits per heavy atom. The number of ketones is 2. The molecular weight excluding hydrogens is 318 g/mol. The number of alkyl carbamates (subject to hydrolysis) is 1. The summed E-state index contributed by atoms with van der Waals surface area (Å²) in [5, 5.41) is 2.57. The topological polar surface area (TPSA) is 72.5 Å². The lowest BCUT2D eigenvalue weighted by Gasteiger charge is -2.31. The third-order valence-corrected chi connectivity index (χ3v) is 3.84. The van der Waals surface area contributed by atoms with E-state index in [4.69, 9.17) is 4.74 Å². The largest absolute Gasteiger partial charge is 0.444 e. The van der Waals surface area contributed by atoms with Gasteiger partial charge >= 0.3 is 6.09 Å². The number of hydrogen-bond donors (Lipinski definition) is 1. The standard InChI is InChI=1S/C20H25NO4/c1-14(22)20(6,15(2)23)17(21-18(24)25-19(3,4)5)13-12-16-10-8-7-9-11-16/h7-11,17H,1-6H3,(H,21,24). The highest BCUT2D eigenvalue weighted by molar-refractivity contribution is 6.06. The Morgan fingerprint density at radius 1 is 1.00 bits per heavy atom. The molecule has 134 valence electrons. The summed E-state index contributed by atoms with van der Waals surface area (Å²) in [5.74, 6) is 5.01. The van der Waals surface area contributed by atoms with Gasteiger partial charge in [-0.1, -0.05) is 30.0 Å². The molecule has 1 aromatic carbocycles. The second-order valence-electron chi connectivity index (χ2n) is 7.03. The second-order valence-corrected chi connectivity index (χ2v) is 7.03. The number of rotatable bonds is 4. The molecule has 0 radical (unpaired) electrons. The van der Waals surface area contributed by atoms with Gasteiger partial charge in [0.15, 0.2) is 0 Å². The lowest BCUT2D eigenvalue weighted by molar-refractivity contribution is -0.138. The molecule has 1 aromatic rings. The second kappa shape index (κ2) is 7.98. The summed E-state index contributed by atoms with van der Waals surface area (Å²) in [5.41, 5.74) is -1.45. The normalized spacial score (nSPS) is 12.4. The van der Waals surface area contributed by atoms with Crippen LogP contribution < -0.4 is 5.32 Å². The Morgan fingerprint density at radius 2 is 1.52 bits per heavy atom. The Labute approximate surface area is 149 Å². The predicted octanol–water partition coefficient (Wildman–Crippen LogP) is 3.12. The number of hydrogen-bond acceptors (Lipinski definition) is 4. The summed E-state index contributed by atoms with van der Waals surface area (Å²) in [6.45, 7) is 9.30. The molecule has 0 saturated heterocycles. The van der Waals surface area contributed by atoms with E-state index in [2.05, 4.69) is 17.2 Å². The van der Waals surface area contributed by atoms with Crippen LogP contribution in [0.3, 0.4) is 0 Å². The van der Waals surface area contributed by atoms with Gasteiger partial charge in [0, 0.05) is 5.56 Å². The van der Waals surface area contributed by atoms with Gasteiger partial charge in [0.05, 0.1) is 0 Å². The lowest BCUT2D eigenvalue weighted by Crippen LogP contribution is -2.53. The number of Topliss-reactive ketones (excluding diaryl/α,β-unsaturated/α-hetero) is 2. The number of carbonyl (C=O) groups is 3. The molecule has 1 amide bonds. The van der Waals surface area contributed by atoms with E-state index in [1.807, 2.05) is 18.2 Å². The highest BCUT2D eigenvalue weighted by atomic mass is 16.6. The quantitative estimate of drug-likeness (QED) is 0.673. The molecule has 1 unspecified atom stereocenters. The molecule has 25 heavy (non-hydrogen) atoms. The number of carbonyl (C=O) groups excluding carboxylic acids is 3. The zero-order valence-corrected chi connectivity index (χ0v) is 15.6. The molecule has 0 spiro atoms. The first-order valence-electron chi connectivity index (χ1n) is 8.05. The van der Waals surface area contributed by atoms with E-state index in [9.17, 15) is 14.4 Å². The predicted molar refractivity (Wildman–Crippen MR) is 95.9 cm³/mol. The highest BCUT2D eigenvalue weighted by Crippen LogP contribution is 2.25. The van der Waals surface area contributed by atoms with Crippen molar-refractivity contribution in [3.63, 3.8) is 0 Å². The molecule has 1 atom stereocenters. The first-order chi connectivity index (χ1) is 11.5. The minimum atomic E-state index is -1.46. The first kappa shape index (κ1) is 20.4. The summed E-state index contributed by atoms with van der Waals surface area (Å²) in [6.07, 6.45) is -0.728. The zero-order valence-electron chi connectivity index (χ0n) is 15.6. The molecule has 0 bridgehead atoms. The van der Waals surface area contributed by atoms with Gasteiger partial charge in [0.1, 0.15) is 28.6 Å². The summed E-state index contributed by atoms with van der Waals surface area (Å²) < 4.78 is 5.23. The molecule has 5 nitrogen and oxygen atoms in total. The molecular formula is C20H25NO4. The van der Waals surface area contributed by atoms with Crippen LogP contribution in [-0.2, 0) is 14.3 Å². The molecule has 1 N–H and O–H groups in total. The van der Waals surface area contributed by atoms with Gasteiger partial charge in [0.2, 0.25) is 0 Å². The van der Waals surface area contributed by atoms with Gasteiger partial charge in [-0.05, 0) is 53.7 Å². The van der Waals surface area contributed by atoms with E-state index < -0.39 is 23.2 Å². The monoisotopic (exact) mass is 343 g/mol. The highest BCUT2D eigenvalue weighted by Gasteiger charge is 2.44. The van der Waals surface area contributed by atoms with Gasteiger partial charge in [-0.2, -0.15) is 0 Å². The van der Waals surface area contributed by atoms with Crippen molar-refractivity contribution < 1.29 is 19.1 Å². The fraction of sp³-hybridized carbons (Fsp3) is 0.450. The van der Waals surface area contributed by atoms with Crippen molar-refractivity contribution in [1.82, 2.24) is 5.32 Å². The summed E-state index contributed by atoms with van der Waals surface area (Å²) in [4.78, 5) is 36.4. The van der Waals surface area contributed by atoms with Gasteiger partial charge in [-0.3, -0.25) is 9.59 Å². The Bertz CT molecular complexity index is 691. The van der Waals surface area contributed by atoms with Gasteiger partial charge in [-0.25, -0.2) is 4.79 Å². The average Bonchev–Trinajstić information content (AvgIpc) is 2.49. The Kier molecular flexibility index (Phi) is 6.52. The number of amides is 1. The molecule has 5 heteroatoms. The first-order valence-corrected chi connectivity index (χ1v) is 8.05. The molecule has 0 aliphatic heterocycles. The average molecular weight is 343 g/mol. The van der Waals surface area contributed by atoms with Gasteiger partial charge in [0.25, 0.3) is 0 Å². The molecule has 0 saturated carbocycles. The zero-order chi connectivity index (χ0) is 19.3. The van der Waals surface area contributed by atoms with Crippen LogP contribution in [0.25, 0.3) is 0 Å². The lowest BCUT2D eigenvalue weighted by atomic mass is 9.75. The maximum absolute atomic E-state index is 12.1. The SMILES string of the molecule is CC(=O)C(C)(C(C)=O)C(C#Cc1ccccc1)NC(=O)OC(C)(C)C. The number of benzene rings is 1. The number of ether oxygens (including phenoxy) is 1. The fourth-order valence-corrected chi connectivity index (χ4v) is 2.08. The summed E-state index contributed by atoms with van der Waals surface area (Å²) >= 11 is 0. The van der Waals surface area contributed by atoms with E-state index >= 15 is 0 Å². The van der Waals surface area contributed by atoms with Crippen LogP contribution in [-0.4, -0.2) is 29.3 Å². The van der Waals surface area contributed by atoms with Crippen LogP contribution in [0, 0.1) is 17.3 Å². The minimum Gasteiger partial charge on any atom is -0.444 e.